The summed E-state index contributed by atoms with van der Waals surface area (Å²) in [7, 11) is 0. The van der Waals surface area contributed by atoms with Crippen molar-refractivity contribution in [3.63, 3.8) is 0 Å². The highest BCUT2D eigenvalue weighted by Gasteiger charge is 2.45. The van der Waals surface area contributed by atoms with Gasteiger partial charge < -0.3 is 20.5 Å². The van der Waals surface area contributed by atoms with Crippen molar-refractivity contribution < 1.29 is 32.2 Å². The molecule has 1 aliphatic heterocycles. The quantitative estimate of drug-likeness (QED) is 0.727. The number of ether oxygens (including phenoxy) is 2. The summed E-state index contributed by atoms with van der Waals surface area (Å²) in [5, 5.41) is 2.52. The summed E-state index contributed by atoms with van der Waals surface area (Å²) in [6.07, 6.45) is -3.56. The van der Waals surface area contributed by atoms with Gasteiger partial charge >= 0.3 is 6.18 Å². The molecule has 1 aliphatic carbocycles. The van der Waals surface area contributed by atoms with E-state index in [1.807, 2.05) is 0 Å². The van der Waals surface area contributed by atoms with Crippen molar-refractivity contribution >= 4 is 11.8 Å². The van der Waals surface area contributed by atoms with Crippen molar-refractivity contribution in [3.8, 4) is 5.75 Å². The minimum absolute atomic E-state index is 0.0266. The molecule has 1 saturated heterocycles. The lowest BCUT2D eigenvalue weighted by Crippen LogP contribution is -2.61. The number of nitrogens with zero attached hydrogens (tertiary/aromatic N) is 1. The Labute approximate surface area is 159 Å². The van der Waals surface area contributed by atoms with Crippen molar-refractivity contribution in [2.75, 3.05) is 13.2 Å². The summed E-state index contributed by atoms with van der Waals surface area (Å²) in [6, 6.07) is 0.195. The Bertz CT molecular complexity index is 776. The molecular weight excluding hydrogens is 379 g/mol. The number of pyridine rings is 1. The number of rotatable bonds is 7. The van der Waals surface area contributed by atoms with Crippen LogP contribution in [0.25, 0.3) is 0 Å². The van der Waals surface area contributed by atoms with Crippen molar-refractivity contribution in [1.82, 2.24) is 10.3 Å². The molecule has 2 unspecified atom stereocenters. The standard InChI is InChI=1S/C18H22F3N3O4/c1-9(18(19,20)21)28-13-5-12(23-6-11(13)10-3-4-10)16(26)24-14(15(22)25)17(2)7-27-8-17/h5-6,9-10,14H,3-4,7-8H2,1-2H3,(H2,22,25)(H,24,26). The Morgan fingerprint density at radius 2 is 2.04 bits per heavy atom. The number of hydrogen-bond acceptors (Lipinski definition) is 5. The number of carbonyl (C=O) groups excluding carboxylic acids is 2. The second kappa shape index (κ2) is 7.23. The molecule has 0 radical (unpaired) electrons. The zero-order chi connectivity index (χ0) is 20.7. The minimum atomic E-state index is -4.54. The molecule has 3 rings (SSSR count). The molecule has 1 saturated carbocycles. The number of hydrogen-bond donors (Lipinski definition) is 2. The second-order valence-electron chi connectivity index (χ2n) is 7.64. The maximum atomic E-state index is 12.9. The van der Waals surface area contributed by atoms with Gasteiger partial charge in [-0.3, -0.25) is 14.6 Å². The number of nitrogens with one attached hydrogen (secondary N) is 1. The van der Waals surface area contributed by atoms with E-state index in [-0.39, 0.29) is 30.6 Å². The fraction of sp³-hybridized carbons (Fsp3) is 0.611. The van der Waals surface area contributed by atoms with Gasteiger partial charge in [0.15, 0.2) is 6.10 Å². The highest BCUT2D eigenvalue weighted by Crippen LogP contribution is 2.44. The van der Waals surface area contributed by atoms with Gasteiger partial charge in [0.25, 0.3) is 5.91 Å². The van der Waals surface area contributed by atoms with Crippen LogP contribution < -0.4 is 15.8 Å². The van der Waals surface area contributed by atoms with Crippen LogP contribution >= 0.6 is 0 Å². The van der Waals surface area contributed by atoms with E-state index in [1.54, 1.807) is 6.92 Å². The monoisotopic (exact) mass is 401 g/mol. The van der Waals surface area contributed by atoms with Gasteiger partial charge in [-0.1, -0.05) is 6.92 Å². The number of nitrogens with two attached hydrogens (primary N) is 1. The van der Waals surface area contributed by atoms with E-state index in [0.29, 0.717) is 5.56 Å². The maximum absolute atomic E-state index is 12.9. The van der Waals surface area contributed by atoms with Gasteiger partial charge in [0, 0.05) is 23.2 Å². The van der Waals surface area contributed by atoms with E-state index in [0.717, 1.165) is 19.8 Å². The summed E-state index contributed by atoms with van der Waals surface area (Å²) in [6.45, 7) is 3.16. The number of aromatic nitrogens is 1. The first-order valence-electron chi connectivity index (χ1n) is 8.92. The lowest BCUT2D eigenvalue weighted by atomic mass is 9.80. The first-order valence-corrected chi connectivity index (χ1v) is 8.92. The van der Waals surface area contributed by atoms with E-state index in [4.69, 9.17) is 15.2 Å². The van der Waals surface area contributed by atoms with Crippen LogP contribution in [0.1, 0.15) is 48.7 Å². The van der Waals surface area contributed by atoms with E-state index in [2.05, 4.69) is 10.3 Å². The summed E-state index contributed by atoms with van der Waals surface area (Å²) in [5.41, 5.74) is 5.15. The molecule has 1 aromatic heterocycles. The molecule has 2 aliphatic rings. The molecule has 7 nitrogen and oxygen atoms in total. The van der Waals surface area contributed by atoms with Crippen LogP contribution in [-0.2, 0) is 9.53 Å². The normalized spacial score (nSPS) is 20.6. The Morgan fingerprint density at radius 1 is 1.39 bits per heavy atom. The van der Waals surface area contributed by atoms with Gasteiger partial charge in [0.2, 0.25) is 5.91 Å². The van der Waals surface area contributed by atoms with E-state index in [9.17, 15) is 22.8 Å². The lowest BCUT2D eigenvalue weighted by Gasteiger charge is -2.42. The third kappa shape index (κ3) is 4.21. The Hall–Kier alpha value is -2.36. The van der Waals surface area contributed by atoms with Gasteiger partial charge in [-0.15, -0.1) is 0 Å². The molecule has 2 atom stereocenters. The molecule has 3 N–H and O–H groups in total. The highest BCUT2D eigenvalue weighted by molar-refractivity contribution is 5.96. The molecule has 0 spiro atoms. The van der Waals surface area contributed by atoms with Crippen LogP contribution in [0.15, 0.2) is 12.3 Å². The summed E-state index contributed by atoms with van der Waals surface area (Å²) < 4.78 is 48.9. The van der Waals surface area contributed by atoms with E-state index in [1.165, 1.54) is 12.3 Å². The average molecular weight is 401 g/mol. The molecular formula is C18H22F3N3O4. The van der Waals surface area contributed by atoms with E-state index >= 15 is 0 Å². The molecule has 0 bridgehead atoms. The molecule has 2 fully saturated rings. The SMILES string of the molecule is CC(Oc1cc(C(=O)NC(C(N)=O)C2(C)COC2)ncc1C1CC1)C(F)(F)F. The van der Waals surface area contributed by atoms with Crippen LogP contribution in [-0.4, -0.2) is 48.3 Å². The highest BCUT2D eigenvalue weighted by atomic mass is 19.4. The largest absolute Gasteiger partial charge is 0.481 e. The number of carbonyl (C=O) groups is 2. The van der Waals surface area contributed by atoms with Crippen LogP contribution in [0.5, 0.6) is 5.75 Å². The van der Waals surface area contributed by atoms with Crippen molar-refractivity contribution in [2.45, 2.75) is 50.9 Å². The van der Waals surface area contributed by atoms with Crippen LogP contribution in [0.3, 0.4) is 0 Å². The maximum Gasteiger partial charge on any atom is 0.425 e. The van der Waals surface area contributed by atoms with Crippen molar-refractivity contribution in [3.05, 3.63) is 23.5 Å². The summed E-state index contributed by atoms with van der Waals surface area (Å²) in [4.78, 5) is 28.4. The number of amides is 2. The smallest absolute Gasteiger partial charge is 0.425 e. The fourth-order valence-corrected chi connectivity index (χ4v) is 3.02. The number of alkyl halides is 3. The van der Waals surface area contributed by atoms with E-state index < -0.39 is 35.6 Å². The first-order chi connectivity index (χ1) is 13.0. The molecule has 28 heavy (non-hydrogen) atoms. The molecule has 2 amide bonds. The Balaban J connectivity index is 1.82. The van der Waals surface area contributed by atoms with Gasteiger partial charge in [-0.05, 0) is 25.7 Å². The van der Waals surface area contributed by atoms with Gasteiger partial charge in [-0.25, -0.2) is 0 Å². The second-order valence-corrected chi connectivity index (χ2v) is 7.64. The molecule has 10 heteroatoms. The van der Waals surface area contributed by atoms with Gasteiger partial charge in [0.05, 0.1) is 13.2 Å². The Morgan fingerprint density at radius 3 is 2.50 bits per heavy atom. The van der Waals surface area contributed by atoms with Gasteiger partial charge in [-0.2, -0.15) is 13.2 Å². The predicted molar refractivity (Wildman–Crippen MR) is 91.7 cm³/mol. The average Bonchev–Trinajstić information content (AvgIpc) is 3.41. The molecule has 2 heterocycles. The third-order valence-corrected chi connectivity index (χ3v) is 5.03. The number of halogens is 3. The third-order valence-electron chi connectivity index (χ3n) is 5.03. The lowest BCUT2D eigenvalue weighted by molar-refractivity contribution is -0.189. The summed E-state index contributed by atoms with van der Waals surface area (Å²) in [5.74, 6) is -1.40. The molecule has 1 aromatic rings. The predicted octanol–water partition coefficient (Wildman–Crippen LogP) is 1.91. The van der Waals surface area contributed by atoms with Crippen LogP contribution in [0.4, 0.5) is 13.2 Å². The van der Waals surface area contributed by atoms with Crippen molar-refractivity contribution in [1.29, 1.82) is 0 Å². The minimum Gasteiger partial charge on any atom is -0.481 e. The Kier molecular flexibility index (Phi) is 5.26. The topological polar surface area (TPSA) is 104 Å². The van der Waals surface area contributed by atoms with Crippen LogP contribution in [0.2, 0.25) is 0 Å². The zero-order valence-corrected chi connectivity index (χ0v) is 15.5. The molecule has 154 valence electrons. The van der Waals surface area contributed by atoms with Gasteiger partial charge in [0.1, 0.15) is 17.5 Å². The van der Waals surface area contributed by atoms with Crippen LogP contribution in [0, 0.1) is 5.41 Å². The van der Waals surface area contributed by atoms with Crippen molar-refractivity contribution in [2.24, 2.45) is 11.1 Å². The summed E-state index contributed by atoms with van der Waals surface area (Å²) >= 11 is 0. The zero-order valence-electron chi connectivity index (χ0n) is 15.5. The molecule has 0 aromatic carbocycles. The number of primary amides is 1. The fourth-order valence-electron chi connectivity index (χ4n) is 3.02. The first kappa shape index (κ1) is 20.4.